The van der Waals surface area contributed by atoms with Crippen molar-refractivity contribution in [1.29, 1.82) is 0 Å². The molecule has 4 rings (SSSR count). The minimum absolute atomic E-state index is 0.325. The molecule has 3 N–H and O–H groups in total. The summed E-state index contributed by atoms with van der Waals surface area (Å²) in [7, 11) is 0. The Morgan fingerprint density at radius 3 is 2.56 bits per heavy atom. The lowest BCUT2D eigenvalue weighted by Gasteiger charge is -2.39. The van der Waals surface area contributed by atoms with Crippen molar-refractivity contribution in [3.05, 3.63) is 36.9 Å². The van der Waals surface area contributed by atoms with Crippen LogP contribution in [0.2, 0.25) is 0 Å². The van der Waals surface area contributed by atoms with Gasteiger partial charge in [0.1, 0.15) is 12.7 Å². The maximum atomic E-state index is 6.32. The largest absolute Gasteiger partial charge is 0.370 e. The quantitative estimate of drug-likeness (QED) is 0.892. The minimum Gasteiger partial charge on any atom is -0.370 e. The molecule has 3 unspecified atom stereocenters. The molecular formula is C19H28N6. The first kappa shape index (κ1) is 16.5. The average molecular weight is 340 g/mol. The number of hydrogen-bond donors (Lipinski definition) is 2. The molecule has 0 amide bonds. The molecule has 1 aliphatic heterocycles. The monoisotopic (exact) mass is 340 g/mol. The van der Waals surface area contributed by atoms with Crippen LogP contribution in [0.4, 0.5) is 5.69 Å². The summed E-state index contributed by atoms with van der Waals surface area (Å²) in [5.41, 5.74) is 8.64. The van der Waals surface area contributed by atoms with Gasteiger partial charge in [0.15, 0.2) is 0 Å². The van der Waals surface area contributed by atoms with Gasteiger partial charge in [-0.1, -0.05) is 12.8 Å². The second kappa shape index (κ2) is 7.54. The van der Waals surface area contributed by atoms with Crippen molar-refractivity contribution in [2.24, 2.45) is 5.73 Å². The number of nitrogens with two attached hydrogens (primary N) is 1. The molecular weight excluding hydrogens is 312 g/mol. The molecule has 25 heavy (non-hydrogen) atoms. The van der Waals surface area contributed by atoms with Crippen LogP contribution in [0.1, 0.15) is 38.5 Å². The lowest BCUT2D eigenvalue weighted by molar-refractivity contribution is 0.282. The zero-order valence-electron chi connectivity index (χ0n) is 14.7. The highest BCUT2D eigenvalue weighted by molar-refractivity contribution is 5.51. The van der Waals surface area contributed by atoms with Gasteiger partial charge in [-0.2, -0.15) is 5.10 Å². The SMILES string of the molecule is NC1CCCCC1NC1CCCN(c2ccc(-n3cncn3)cc2)C1. The van der Waals surface area contributed by atoms with Crippen LogP contribution in [0.15, 0.2) is 36.9 Å². The fourth-order valence-corrected chi connectivity index (χ4v) is 4.17. The van der Waals surface area contributed by atoms with Crippen molar-refractivity contribution >= 4 is 5.69 Å². The van der Waals surface area contributed by atoms with Gasteiger partial charge in [-0.3, -0.25) is 0 Å². The van der Waals surface area contributed by atoms with Gasteiger partial charge in [-0.15, -0.1) is 0 Å². The Labute approximate surface area is 149 Å². The minimum atomic E-state index is 0.325. The van der Waals surface area contributed by atoms with Gasteiger partial charge in [-0.25, -0.2) is 9.67 Å². The number of aromatic nitrogens is 3. The smallest absolute Gasteiger partial charge is 0.138 e. The first-order valence-electron chi connectivity index (χ1n) is 9.51. The summed E-state index contributed by atoms with van der Waals surface area (Å²) in [6, 6.07) is 9.95. The Morgan fingerprint density at radius 1 is 1.00 bits per heavy atom. The van der Waals surface area contributed by atoms with Crippen molar-refractivity contribution in [2.45, 2.75) is 56.7 Å². The fourth-order valence-electron chi connectivity index (χ4n) is 4.17. The van der Waals surface area contributed by atoms with E-state index >= 15 is 0 Å². The van der Waals surface area contributed by atoms with Crippen LogP contribution in [-0.2, 0) is 0 Å². The molecule has 1 aromatic heterocycles. The van der Waals surface area contributed by atoms with E-state index < -0.39 is 0 Å². The second-order valence-corrected chi connectivity index (χ2v) is 7.36. The molecule has 2 heterocycles. The number of benzene rings is 1. The molecule has 2 aromatic rings. The molecule has 0 bridgehead atoms. The maximum Gasteiger partial charge on any atom is 0.138 e. The van der Waals surface area contributed by atoms with E-state index in [0.717, 1.165) is 25.2 Å². The summed E-state index contributed by atoms with van der Waals surface area (Å²) in [6.07, 6.45) is 10.7. The Balaban J connectivity index is 1.39. The van der Waals surface area contributed by atoms with Crippen molar-refractivity contribution in [1.82, 2.24) is 20.1 Å². The zero-order valence-corrected chi connectivity index (χ0v) is 14.7. The van der Waals surface area contributed by atoms with E-state index in [9.17, 15) is 0 Å². The van der Waals surface area contributed by atoms with E-state index in [1.165, 1.54) is 37.8 Å². The topological polar surface area (TPSA) is 72.0 Å². The zero-order chi connectivity index (χ0) is 17.1. The molecule has 1 aliphatic carbocycles. The Bertz CT molecular complexity index is 653. The Hall–Kier alpha value is -1.92. The Morgan fingerprint density at radius 2 is 1.80 bits per heavy atom. The first-order valence-corrected chi connectivity index (χ1v) is 9.51. The van der Waals surface area contributed by atoms with Crippen LogP contribution in [0.5, 0.6) is 0 Å². The number of piperidine rings is 1. The van der Waals surface area contributed by atoms with Crippen molar-refractivity contribution in [2.75, 3.05) is 18.0 Å². The highest BCUT2D eigenvalue weighted by Crippen LogP contribution is 2.23. The highest BCUT2D eigenvalue weighted by atomic mass is 15.3. The van der Waals surface area contributed by atoms with Gasteiger partial charge in [-0.05, 0) is 49.9 Å². The van der Waals surface area contributed by atoms with Crippen LogP contribution in [0, 0.1) is 0 Å². The van der Waals surface area contributed by atoms with Crippen LogP contribution in [0.3, 0.4) is 0 Å². The lowest BCUT2D eigenvalue weighted by atomic mass is 9.89. The van der Waals surface area contributed by atoms with Gasteiger partial charge in [0.05, 0.1) is 5.69 Å². The summed E-state index contributed by atoms with van der Waals surface area (Å²) in [5.74, 6) is 0. The van der Waals surface area contributed by atoms with Crippen LogP contribution in [0.25, 0.3) is 5.69 Å². The normalized spacial score (nSPS) is 27.4. The summed E-state index contributed by atoms with van der Waals surface area (Å²) in [6.45, 7) is 2.18. The van der Waals surface area contributed by atoms with Gasteiger partial charge in [0.2, 0.25) is 0 Å². The van der Waals surface area contributed by atoms with Crippen molar-refractivity contribution < 1.29 is 0 Å². The van der Waals surface area contributed by atoms with E-state index in [2.05, 4.69) is 44.6 Å². The molecule has 1 saturated heterocycles. The van der Waals surface area contributed by atoms with Gasteiger partial charge in [0.25, 0.3) is 0 Å². The van der Waals surface area contributed by atoms with Crippen LogP contribution in [-0.4, -0.2) is 46.0 Å². The number of nitrogens with zero attached hydrogens (tertiary/aromatic N) is 4. The molecule has 134 valence electrons. The van der Waals surface area contributed by atoms with E-state index in [4.69, 9.17) is 5.73 Å². The molecule has 6 heteroatoms. The molecule has 2 fully saturated rings. The second-order valence-electron chi connectivity index (χ2n) is 7.36. The maximum absolute atomic E-state index is 6.32. The van der Waals surface area contributed by atoms with Gasteiger partial charge < -0.3 is 16.0 Å². The third kappa shape index (κ3) is 3.85. The number of nitrogens with one attached hydrogen (secondary N) is 1. The molecule has 2 aliphatic rings. The predicted octanol–water partition coefficient (Wildman–Crippen LogP) is 2.10. The summed E-state index contributed by atoms with van der Waals surface area (Å²) < 4.78 is 1.79. The van der Waals surface area contributed by atoms with Gasteiger partial charge in [0, 0.05) is 36.9 Å². The van der Waals surface area contributed by atoms with Crippen molar-refractivity contribution in [3.8, 4) is 5.69 Å². The van der Waals surface area contributed by atoms with E-state index in [1.807, 2.05) is 0 Å². The Kier molecular flexibility index (Phi) is 4.99. The number of hydrogen-bond acceptors (Lipinski definition) is 5. The molecule has 1 aromatic carbocycles. The van der Waals surface area contributed by atoms with Crippen molar-refractivity contribution in [3.63, 3.8) is 0 Å². The first-order chi connectivity index (χ1) is 12.3. The summed E-state index contributed by atoms with van der Waals surface area (Å²) in [5, 5.41) is 8.03. The highest BCUT2D eigenvalue weighted by Gasteiger charge is 2.27. The number of rotatable bonds is 4. The van der Waals surface area contributed by atoms with E-state index in [-0.39, 0.29) is 0 Å². The lowest BCUT2D eigenvalue weighted by Crippen LogP contribution is -2.55. The summed E-state index contributed by atoms with van der Waals surface area (Å²) >= 11 is 0. The van der Waals surface area contributed by atoms with Crippen LogP contribution < -0.4 is 16.0 Å². The third-order valence-corrected chi connectivity index (χ3v) is 5.59. The average Bonchev–Trinajstić information content (AvgIpc) is 3.19. The molecule has 1 saturated carbocycles. The molecule has 0 radical (unpaired) electrons. The van der Waals surface area contributed by atoms with E-state index in [1.54, 1.807) is 17.3 Å². The molecule has 3 atom stereocenters. The van der Waals surface area contributed by atoms with Gasteiger partial charge >= 0.3 is 0 Å². The molecule has 0 spiro atoms. The molecule has 6 nitrogen and oxygen atoms in total. The standard InChI is InChI=1S/C19H28N6/c20-18-5-1-2-6-19(18)23-15-4-3-11-24(12-15)16-7-9-17(10-8-16)25-14-21-13-22-25/h7-10,13-15,18-19,23H,1-6,11-12,20H2. The number of anilines is 1. The fraction of sp³-hybridized carbons (Fsp3) is 0.579. The third-order valence-electron chi connectivity index (χ3n) is 5.59. The predicted molar refractivity (Wildman–Crippen MR) is 100.0 cm³/mol. The summed E-state index contributed by atoms with van der Waals surface area (Å²) in [4.78, 5) is 6.49. The van der Waals surface area contributed by atoms with Crippen LogP contribution >= 0.6 is 0 Å². The van der Waals surface area contributed by atoms with E-state index in [0.29, 0.717) is 18.1 Å².